The molecule has 2 amide bonds. The first kappa shape index (κ1) is 19.4. The zero-order valence-corrected chi connectivity index (χ0v) is 13.3. The standard InChI is InChI=1S/C16H17N3O3.Ar/c1-18-16(21)14-10-13(7-8-19-14)22-12-4-2-3-11(9-12)5-6-15(17)20;/h2-4,7-10H,5-6H2,1H3,(H2,17,20)(H,18,21);. The summed E-state index contributed by atoms with van der Waals surface area (Å²) in [6.45, 7) is 0. The molecule has 0 radical (unpaired) electrons. The van der Waals surface area contributed by atoms with Crippen LogP contribution < -0.4 is 15.8 Å². The van der Waals surface area contributed by atoms with E-state index in [1.54, 1.807) is 25.2 Å². The average molecular weight is 339 g/mol. The minimum Gasteiger partial charge on any atom is -0.457 e. The normalized spacial score (nSPS) is 9.61. The van der Waals surface area contributed by atoms with Gasteiger partial charge < -0.3 is 15.8 Å². The molecule has 2 aromatic rings. The summed E-state index contributed by atoms with van der Waals surface area (Å²) < 4.78 is 5.72. The predicted octanol–water partition coefficient (Wildman–Crippen LogP) is 1.65. The van der Waals surface area contributed by atoms with Crippen molar-refractivity contribution in [2.24, 2.45) is 5.73 Å². The minimum atomic E-state index is -0.337. The van der Waals surface area contributed by atoms with E-state index in [9.17, 15) is 9.59 Å². The number of carbonyl (C=O) groups excluding carboxylic acids is 2. The van der Waals surface area contributed by atoms with E-state index in [0.29, 0.717) is 24.3 Å². The molecule has 7 heteroatoms. The van der Waals surface area contributed by atoms with E-state index >= 15 is 0 Å². The molecule has 3 N–H and O–H groups in total. The number of carbonyl (C=O) groups is 2. The van der Waals surface area contributed by atoms with Crippen molar-refractivity contribution in [1.29, 1.82) is 0 Å². The van der Waals surface area contributed by atoms with Crippen LogP contribution in [0.4, 0.5) is 0 Å². The fourth-order valence-corrected chi connectivity index (χ4v) is 1.89. The quantitative estimate of drug-likeness (QED) is 0.837. The maximum absolute atomic E-state index is 11.5. The van der Waals surface area contributed by atoms with Gasteiger partial charge in [-0.2, -0.15) is 0 Å². The van der Waals surface area contributed by atoms with Crippen molar-refractivity contribution in [2.75, 3.05) is 7.05 Å². The van der Waals surface area contributed by atoms with Crippen LogP contribution in [0.5, 0.6) is 11.5 Å². The first-order valence-electron chi connectivity index (χ1n) is 6.81. The van der Waals surface area contributed by atoms with Crippen LogP contribution in [0.15, 0.2) is 42.6 Å². The molecule has 0 fully saturated rings. The van der Waals surface area contributed by atoms with Crippen molar-refractivity contribution in [2.45, 2.75) is 12.8 Å². The Bertz CT molecular complexity index is 692. The van der Waals surface area contributed by atoms with Gasteiger partial charge in [-0.15, -0.1) is 0 Å². The van der Waals surface area contributed by atoms with E-state index in [0.717, 1.165) is 5.56 Å². The van der Waals surface area contributed by atoms with Gasteiger partial charge in [0.05, 0.1) is 0 Å². The van der Waals surface area contributed by atoms with Crippen LogP contribution in [-0.4, -0.2) is 23.8 Å². The minimum absolute atomic E-state index is 0. The van der Waals surface area contributed by atoms with Crippen LogP contribution in [-0.2, 0) is 11.2 Å². The molecular weight excluding hydrogens is 322 g/mol. The summed E-state index contributed by atoms with van der Waals surface area (Å²) in [4.78, 5) is 26.3. The van der Waals surface area contributed by atoms with Crippen LogP contribution in [0.1, 0.15) is 22.5 Å². The maximum atomic E-state index is 11.5. The second-order valence-electron chi connectivity index (χ2n) is 4.67. The summed E-state index contributed by atoms with van der Waals surface area (Å²) in [5, 5.41) is 2.51. The van der Waals surface area contributed by atoms with E-state index < -0.39 is 0 Å². The largest absolute Gasteiger partial charge is 0.457 e. The molecule has 0 spiro atoms. The Kier molecular flexibility index (Phi) is 8.02. The monoisotopic (exact) mass is 339 g/mol. The van der Waals surface area contributed by atoms with E-state index in [-0.39, 0.29) is 55.2 Å². The van der Waals surface area contributed by atoms with Gasteiger partial charge in [0.25, 0.3) is 5.91 Å². The van der Waals surface area contributed by atoms with Crippen molar-refractivity contribution in [3.63, 3.8) is 0 Å². The Morgan fingerprint density at radius 2 is 1.96 bits per heavy atom. The van der Waals surface area contributed by atoms with Gasteiger partial charge in [0.15, 0.2) is 0 Å². The summed E-state index contributed by atoms with van der Waals surface area (Å²) in [6.07, 6.45) is 2.36. The molecule has 122 valence electrons. The van der Waals surface area contributed by atoms with Gasteiger partial charge in [-0.1, -0.05) is 12.1 Å². The number of hydrogen-bond donors (Lipinski definition) is 2. The molecule has 0 saturated heterocycles. The molecule has 1 aromatic heterocycles. The summed E-state index contributed by atoms with van der Waals surface area (Å²) in [5.74, 6) is 0.521. The van der Waals surface area contributed by atoms with Gasteiger partial charge in [0, 0.05) is 63.5 Å². The van der Waals surface area contributed by atoms with Crippen molar-refractivity contribution in [1.82, 2.24) is 10.3 Å². The summed E-state index contributed by atoms with van der Waals surface area (Å²) in [6, 6.07) is 10.6. The molecule has 0 aliphatic carbocycles. The van der Waals surface area contributed by atoms with Crippen molar-refractivity contribution < 1.29 is 52.1 Å². The molecule has 6 nitrogen and oxygen atoms in total. The number of rotatable bonds is 6. The molecule has 0 aliphatic heterocycles. The van der Waals surface area contributed by atoms with Gasteiger partial charge in [-0.25, -0.2) is 0 Å². The fraction of sp³-hybridized carbons (Fsp3) is 0.188. The molecule has 0 atom stereocenters. The Hall–Kier alpha value is -1.63. The number of primary amides is 1. The van der Waals surface area contributed by atoms with Crippen LogP contribution in [0, 0.1) is 37.7 Å². The number of hydrogen-bond acceptors (Lipinski definition) is 4. The number of aromatic nitrogens is 1. The van der Waals surface area contributed by atoms with Crippen LogP contribution >= 0.6 is 0 Å². The molecule has 0 unspecified atom stereocenters. The number of benzene rings is 1. The van der Waals surface area contributed by atoms with Crippen molar-refractivity contribution in [3.05, 3.63) is 53.9 Å². The first-order chi connectivity index (χ1) is 10.6. The number of nitrogens with two attached hydrogens (primary N) is 1. The second-order valence-corrected chi connectivity index (χ2v) is 4.67. The average Bonchev–Trinajstić information content (AvgIpc) is 2.53. The molecule has 1 aromatic carbocycles. The van der Waals surface area contributed by atoms with E-state index in [1.807, 2.05) is 18.2 Å². The third kappa shape index (κ3) is 6.17. The number of nitrogens with one attached hydrogen (secondary N) is 1. The van der Waals surface area contributed by atoms with Crippen LogP contribution in [0.25, 0.3) is 0 Å². The van der Waals surface area contributed by atoms with Crippen LogP contribution in [0.2, 0.25) is 0 Å². The van der Waals surface area contributed by atoms with Crippen molar-refractivity contribution >= 4 is 11.8 Å². The molecular formula is C16H17ArN3O3. The number of ether oxygens (including phenoxy) is 1. The fourth-order valence-electron chi connectivity index (χ4n) is 1.89. The smallest absolute Gasteiger partial charge is 0.269 e. The third-order valence-electron chi connectivity index (χ3n) is 2.99. The maximum Gasteiger partial charge on any atom is 0.269 e. The third-order valence-corrected chi connectivity index (χ3v) is 2.99. The molecule has 0 saturated carbocycles. The molecule has 23 heavy (non-hydrogen) atoms. The number of nitrogens with zero attached hydrogens (tertiary/aromatic N) is 1. The SMILES string of the molecule is CNC(=O)c1cc(Oc2cccc(CCC(N)=O)c2)ccn1.[Ar]. The van der Waals surface area contributed by atoms with Gasteiger partial charge in [0.2, 0.25) is 5.91 Å². The van der Waals surface area contributed by atoms with E-state index in [1.165, 1.54) is 6.20 Å². The Labute approximate surface area is 164 Å². The predicted molar refractivity (Wildman–Crippen MR) is 81.7 cm³/mol. The van der Waals surface area contributed by atoms with Gasteiger partial charge in [0.1, 0.15) is 17.2 Å². The Balaban J connectivity index is 0.00000264. The Morgan fingerprint density at radius 3 is 2.65 bits per heavy atom. The first-order valence-corrected chi connectivity index (χ1v) is 6.81. The summed E-state index contributed by atoms with van der Waals surface area (Å²) in [7, 11) is 1.54. The molecule has 0 aliphatic rings. The van der Waals surface area contributed by atoms with Gasteiger partial charge in [-0.3, -0.25) is 14.6 Å². The molecule has 0 bridgehead atoms. The molecule has 2 rings (SSSR count). The number of pyridine rings is 1. The molecule has 1 heterocycles. The second kappa shape index (κ2) is 9.50. The zero-order valence-electron chi connectivity index (χ0n) is 12.6. The van der Waals surface area contributed by atoms with Crippen LogP contribution in [0.3, 0.4) is 0 Å². The zero-order chi connectivity index (χ0) is 15.9. The summed E-state index contributed by atoms with van der Waals surface area (Å²) >= 11 is 0. The number of amides is 2. The summed E-state index contributed by atoms with van der Waals surface area (Å²) in [5.41, 5.74) is 6.38. The van der Waals surface area contributed by atoms with Crippen molar-refractivity contribution in [3.8, 4) is 11.5 Å². The number of aryl methyl sites for hydroxylation is 1. The van der Waals surface area contributed by atoms with E-state index in [2.05, 4.69) is 10.3 Å². The van der Waals surface area contributed by atoms with Gasteiger partial charge in [-0.05, 0) is 30.2 Å². The van der Waals surface area contributed by atoms with Gasteiger partial charge >= 0.3 is 0 Å². The topological polar surface area (TPSA) is 94.3 Å². The van der Waals surface area contributed by atoms with E-state index in [4.69, 9.17) is 10.5 Å². The Morgan fingerprint density at radius 1 is 1.22 bits per heavy atom.